The van der Waals surface area contributed by atoms with E-state index in [9.17, 15) is 9.90 Å². The highest BCUT2D eigenvalue weighted by atomic mass is 16.4. The van der Waals surface area contributed by atoms with E-state index in [4.69, 9.17) is 0 Å². The number of hydrogen-bond donors (Lipinski definition) is 1. The molecular weight excluding hydrogens is 276 g/mol. The SMILES string of the molecule is O=C(O)c1ccc2c3ccccc3n(-c3cccnc3)c2c1. The molecule has 0 aliphatic carbocycles. The van der Waals surface area contributed by atoms with Crippen molar-refractivity contribution in [3.63, 3.8) is 0 Å². The van der Waals surface area contributed by atoms with E-state index in [0.717, 1.165) is 27.5 Å². The number of hydrogen-bond acceptors (Lipinski definition) is 2. The molecule has 4 heteroatoms. The third kappa shape index (κ3) is 1.78. The Morgan fingerprint density at radius 3 is 2.55 bits per heavy atom. The number of para-hydroxylation sites is 1. The standard InChI is InChI=1S/C18H12N2O2/c21-18(22)12-7-8-15-14-5-1-2-6-16(14)20(17(15)10-12)13-4-3-9-19-11-13/h1-11H,(H,21,22). The molecule has 4 aromatic rings. The van der Waals surface area contributed by atoms with Crippen LogP contribution in [0.2, 0.25) is 0 Å². The fourth-order valence-electron chi connectivity index (χ4n) is 2.87. The molecule has 4 rings (SSSR count). The first-order valence-corrected chi connectivity index (χ1v) is 6.92. The van der Waals surface area contributed by atoms with Crippen molar-refractivity contribution < 1.29 is 9.90 Å². The maximum Gasteiger partial charge on any atom is 0.335 e. The average Bonchev–Trinajstić information content (AvgIpc) is 2.89. The minimum Gasteiger partial charge on any atom is -0.478 e. The fourth-order valence-corrected chi connectivity index (χ4v) is 2.87. The zero-order valence-electron chi connectivity index (χ0n) is 11.6. The van der Waals surface area contributed by atoms with Crippen LogP contribution in [0.5, 0.6) is 0 Å². The summed E-state index contributed by atoms with van der Waals surface area (Å²) < 4.78 is 2.05. The Morgan fingerprint density at radius 1 is 0.955 bits per heavy atom. The van der Waals surface area contributed by atoms with Gasteiger partial charge in [-0.2, -0.15) is 0 Å². The molecule has 4 nitrogen and oxygen atoms in total. The number of benzene rings is 2. The lowest BCUT2D eigenvalue weighted by Crippen LogP contribution is -1.98. The van der Waals surface area contributed by atoms with Gasteiger partial charge in [0.1, 0.15) is 0 Å². The van der Waals surface area contributed by atoms with Crippen molar-refractivity contribution in [2.24, 2.45) is 0 Å². The van der Waals surface area contributed by atoms with Gasteiger partial charge in [-0.05, 0) is 30.3 Å². The minimum absolute atomic E-state index is 0.278. The molecule has 22 heavy (non-hydrogen) atoms. The smallest absolute Gasteiger partial charge is 0.335 e. The van der Waals surface area contributed by atoms with Crippen molar-refractivity contribution in [3.8, 4) is 5.69 Å². The predicted octanol–water partition coefficient (Wildman–Crippen LogP) is 3.88. The van der Waals surface area contributed by atoms with Gasteiger partial charge in [-0.25, -0.2) is 4.79 Å². The van der Waals surface area contributed by atoms with Gasteiger partial charge in [0.25, 0.3) is 0 Å². The number of pyridine rings is 1. The summed E-state index contributed by atoms with van der Waals surface area (Å²) in [6.45, 7) is 0. The number of rotatable bonds is 2. The number of aromatic carboxylic acids is 1. The zero-order valence-corrected chi connectivity index (χ0v) is 11.6. The summed E-state index contributed by atoms with van der Waals surface area (Å²) in [6.07, 6.45) is 3.50. The number of aromatic nitrogens is 2. The van der Waals surface area contributed by atoms with E-state index in [2.05, 4.69) is 4.98 Å². The Bertz CT molecular complexity index is 1000. The van der Waals surface area contributed by atoms with Crippen LogP contribution in [0.25, 0.3) is 27.5 Å². The molecule has 0 atom stereocenters. The number of carbonyl (C=O) groups is 1. The molecule has 0 spiro atoms. The quantitative estimate of drug-likeness (QED) is 0.609. The van der Waals surface area contributed by atoms with Gasteiger partial charge in [-0.3, -0.25) is 4.98 Å². The van der Waals surface area contributed by atoms with Crippen LogP contribution in [0.15, 0.2) is 67.0 Å². The molecule has 0 aliphatic rings. The van der Waals surface area contributed by atoms with E-state index in [1.54, 1.807) is 24.5 Å². The van der Waals surface area contributed by atoms with Crippen LogP contribution in [-0.4, -0.2) is 20.6 Å². The van der Waals surface area contributed by atoms with E-state index in [0.29, 0.717) is 0 Å². The van der Waals surface area contributed by atoms with Crippen LogP contribution in [0.3, 0.4) is 0 Å². The summed E-state index contributed by atoms with van der Waals surface area (Å²) in [7, 11) is 0. The van der Waals surface area contributed by atoms with Crippen LogP contribution in [0.1, 0.15) is 10.4 Å². The maximum absolute atomic E-state index is 11.3. The molecule has 0 aliphatic heterocycles. The van der Waals surface area contributed by atoms with Gasteiger partial charge in [0.2, 0.25) is 0 Å². The lowest BCUT2D eigenvalue weighted by Gasteiger charge is -2.07. The molecule has 2 heterocycles. The van der Waals surface area contributed by atoms with Gasteiger partial charge in [0, 0.05) is 17.0 Å². The van der Waals surface area contributed by atoms with Crippen molar-refractivity contribution in [3.05, 3.63) is 72.6 Å². The summed E-state index contributed by atoms with van der Waals surface area (Å²) in [5.41, 5.74) is 3.10. The highest BCUT2D eigenvalue weighted by Gasteiger charge is 2.14. The van der Waals surface area contributed by atoms with Crippen molar-refractivity contribution in [1.29, 1.82) is 0 Å². The first-order valence-electron chi connectivity index (χ1n) is 6.92. The van der Waals surface area contributed by atoms with Crippen LogP contribution < -0.4 is 0 Å². The Labute approximate surface area is 126 Å². The molecule has 106 valence electrons. The van der Waals surface area contributed by atoms with Crippen LogP contribution in [-0.2, 0) is 0 Å². The van der Waals surface area contributed by atoms with Crippen LogP contribution in [0.4, 0.5) is 0 Å². The zero-order chi connectivity index (χ0) is 15.1. The van der Waals surface area contributed by atoms with Crippen molar-refractivity contribution in [2.75, 3.05) is 0 Å². The molecule has 0 saturated carbocycles. The molecular formula is C18H12N2O2. The lowest BCUT2D eigenvalue weighted by molar-refractivity contribution is 0.0697. The van der Waals surface area contributed by atoms with E-state index in [1.165, 1.54) is 0 Å². The predicted molar refractivity (Wildman–Crippen MR) is 85.5 cm³/mol. The van der Waals surface area contributed by atoms with Gasteiger partial charge >= 0.3 is 5.97 Å². The monoisotopic (exact) mass is 288 g/mol. The molecule has 0 fully saturated rings. The van der Waals surface area contributed by atoms with E-state index < -0.39 is 5.97 Å². The molecule has 1 N–H and O–H groups in total. The van der Waals surface area contributed by atoms with Gasteiger partial charge in [0.05, 0.1) is 28.5 Å². The van der Waals surface area contributed by atoms with E-state index in [-0.39, 0.29) is 5.56 Å². The summed E-state index contributed by atoms with van der Waals surface area (Å²) in [5.74, 6) is -0.926. The summed E-state index contributed by atoms with van der Waals surface area (Å²) in [6, 6.07) is 17.1. The highest BCUT2D eigenvalue weighted by molar-refractivity contribution is 6.10. The fraction of sp³-hybridized carbons (Fsp3) is 0. The summed E-state index contributed by atoms with van der Waals surface area (Å²) in [5, 5.41) is 11.4. The average molecular weight is 288 g/mol. The molecule has 0 amide bonds. The highest BCUT2D eigenvalue weighted by Crippen LogP contribution is 2.32. The molecule has 0 radical (unpaired) electrons. The number of carboxylic acid groups (broad SMARTS) is 1. The number of fused-ring (bicyclic) bond motifs is 3. The molecule has 2 aromatic heterocycles. The molecule has 2 aromatic carbocycles. The first-order chi connectivity index (χ1) is 10.8. The lowest BCUT2D eigenvalue weighted by atomic mass is 10.1. The van der Waals surface area contributed by atoms with Crippen LogP contribution in [0, 0.1) is 0 Å². The third-order valence-corrected chi connectivity index (χ3v) is 3.82. The Kier molecular flexibility index (Phi) is 2.69. The first kappa shape index (κ1) is 12.6. The number of nitrogens with zero attached hydrogens (tertiary/aromatic N) is 2. The van der Waals surface area contributed by atoms with Gasteiger partial charge in [0.15, 0.2) is 0 Å². The second-order valence-corrected chi connectivity index (χ2v) is 5.10. The Hall–Kier alpha value is -3.14. The second kappa shape index (κ2) is 4.70. The normalized spacial score (nSPS) is 11.1. The van der Waals surface area contributed by atoms with Gasteiger partial charge in [-0.15, -0.1) is 0 Å². The second-order valence-electron chi connectivity index (χ2n) is 5.10. The van der Waals surface area contributed by atoms with E-state index in [1.807, 2.05) is 47.0 Å². The summed E-state index contributed by atoms with van der Waals surface area (Å²) >= 11 is 0. The van der Waals surface area contributed by atoms with Crippen molar-refractivity contribution in [2.45, 2.75) is 0 Å². The maximum atomic E-state index is 11.3. The van der Waals surface area contributed by atoms with E-state index >= 15 is 0 Å². The topological polar surface area (TPSA) is 55.1 Å². The molecule has 0 bridgehead atoms. The van der Waals surface area contributed by atoms with Crippen molar-refractivity contribution in [1.82, 2.24) is 9.55 Å². The Balaban J connectivity index is 2.19. The third-order valence-electron chi connectivity index (χ3n) is 3.82. The van der Waals surface area contributed by atoms with Gasteiger partial charge < -0.3 is 9.67 Å². The van der Waals surface area contributed by atoms with Crippen LogP contribution >= 0.6 is 0 Å². The largest absolute Gasteiger partial charge is 0.478 e. The minimum atomic E-state index is -0.926. The van der Waals surface area contributed by atoms with Gasteiger partial charge in [-0.1, -0.05) is 24.3 Å². The number of carboxylic acids is 1. The molecule has 0 unspecified atom stereocenters. The van der Waals surface area contributed by atoms with Crippen molar-refractivity contribution >= 4 is 27.8 Å². The Morgan fingerprint density at radius 2 is 1.77 bits per heavy atom. The summed E-state index contributed by atoms with van der Waals surface area (Å²) in [4.78, 5) is 15.5. The molecule has 0 saturated heterocycles.